The quantitative estimate of drug-likeness (QED) is 0.119. The molecule has 0 aromatic rings. The van der Waals surface area contributed by atoms with Gasteiger partial charge in [0.1, 0.15) is 0 Å². The summed E-state index contributed by atoms with van der Waals surface area (Å²) in [4.78, 5) is 22.0. The normalized spacial score (nSPS) is 12.2. The van der Waals surface area contributed by atoms with E-state index in [1.807, 2.05) is 0 Å². The molecule has 0 radical (unpaired) electrons. The molecule has 0 spiro atoms. The first-order chi connectivity index (χ1) is 13.3. The number of carboxylic acids is 1. The van der Waals surface area contributed by atoms with Gasteiger partial charge < -0.3 is 19.4 Å². The molecule has 0 saturated heterocycles. The maximum Gasteiger partial charge on any atom is 1.00 e. The van der Waals surface area contributed by atoms with E-state index in [0.717, 1.165) is 12.8 Å². The molecule has 166 valence electrons. The third-order valence-corrected chi connectivity index (χ3v) is 5.37. The van der Waals surface area contributed by atoms with Gasteiger partial charge in [0.25, 0.3) is 10.1 Å². The maximum absolute atomic E-state index is 11.6. The predicted molar refractivity (Wildman–Crippen MR) is 103 cm³/mol. The predicted octanol–water partition coefficient (Wildman–Crippen LogP) is -0.742. The van der Waals surface area contributed by atoms with E-state index in [1.54, 1.807) is 0 Å². The molecule has 0 saturated carbocycles. The molecule has 10 heteroatoms. The molecule has 1 atom stereocenters. The van der Waals surface area contributed by atoms with Gasteiger partial charge in [0.05, 0.1) is 6.61 Å². The van der Waals surface area contributed by atoms with Crippen molar-refractivity contribution in [3.63, 3.8) is 0 Å². The van der Waals surface area contributed by atoms with Crippen LogP contribution in [0, 0.1) is 0 Å². The Bertz CT molecular complexity index is 524. The number of unbranched alkanes of at least 4 members (excludes halogenated alkanes) is 9. The van der Waals surface area contributed by atoms with Crippen molar-refractivity contribution in [3.05, 3.63) is 0 Å². The minimum atomic E-state index is -4.86. The fourth-order valence-corrected chi connectivity index (χ4v) is 3.34. The van der Waals surface area contributed by atoms with Gasteiger partial charge >= 0.3 is 35.5 Å². The van der Waals surface area contributed by atoms with Crippen molar-refractivity contribution >= 4 is 22.1 Å². The van der Waals surface area contributed by atoms with Gasteiger partial charge in [-0.05, 0) is 6.42 Å². The van der Waals surface area contributed by atoms with E-state index in [4.69, 9.17) is 9.29 Å². The van der Waals surface area contributed by atoms with Crippen LogP contribution in [0.3, 0.4) is 0 Å². The van der Waals surface area contributed by atoms with Gasteiger partial charge in [0, 0.05) is 32.0 Å². The molecule has 0 fully saturated rings. The smallest absolute Gasteiger partial charge is 0.550 e. The molecule has 0 aliphatic rings. The molecule has 0 rings (SSSR count). The van der Waals surface area contributed by atoms with E-state index < -0.39 is 33.7 Å². The van der Waals surface area contributed by atoms with Crippen LogP contribution in [-0.2, 0) is 29.2 Å². The number of carboxylic acid groups (broad SMARTS) is 1. The number of esters is 1. The van der Waals surface area contributed by atoms with E-state index in [2.05, 4.69) is 11.7 Å². The second-order valence-corrected chi connectivity index (χ2v) is 8.49. The van der Waals surface area contributed by atoms with Crippen molar-refractivity contribution in [2.24, 2.45) is 0 Å². The number of carbonyl (C=O) groups is 2. The van der Waals surface area contributed by atoms with Crippen LogP contribution < -0.4 is 34.7 Å². The first kappa shape index (κ1) is 31.0. The SMILES string of the molecule is CCCCCCCCCCCCOCCCOC(=O)C(CC(=O)[O-])S(=O)(=O)O.[Na+]. The van der Waals surface area contributed by atoms with Crippen LogP contribution in [0.25, 0.3) is 0 Å². The van der Waals surface area contributed by atoms with Crippen LogP contribution >= 0.6 is 0 Å². The Morgan fingerprint density at radius 2 is 1.34 bits per heavy atom. The Balaban J connectivity index is 0. The van der Waals surface area contributed by atoms with Crippen LogP contribution in [-0.4, -0.2) is 50.0 Å². The first-order valence-corrected chi connectivity index (χ1v) is 11.7. The van der Waals surface area contributed by atoms with Crippen LogP contribution in [0.4, 0.5) is 0 Å². The summed E-state index contributed by atoms with van der Waals surface area (Å²) < 4.78 is 41.0. The molecule has 0 aromatic carbocycles. The van der Waals surface area contributed by atoms with Gasteiger partial charge in [-0.1, -0.05) is 64.7 Å². The third kappa shape index (κ3) is 19.5. The molecule has 0 bridgehead atoms. The number of rotatable bonds is 19. The van der Waals surface area contributed by atoms with E-state index in [0.29, 0.717) is 19.6 Å². The molecule has 29 heavy (non-hydrogen) atoms. The summed E-state index contributed by atoms with van der Waals surface area (Å²) in [5.74, 6) is -3.07. The summed E-state index contributed by atoms with van der Waals surface area (Å²) in [6.07, 6.45) is 11.6. The van der Waals surface area contributed by atoms with Gasteiger partial charge in [-0.25, -0.2) is 0 Å². The van der Waals surface area contributed by atoms with E-state index in [1.165, 1.54) is 51.4 Å². The van der Waals surface area contributed by atoms with Gasteiger partial charge in [-0.2, -0.15) is 8.42 Å². The van der Waals surface area contributed by atoms with Crippen molar-refractivity contribution in [2.45, 2.75) is 89.2 Å². The van der Waals surface area contributed by atoms with Crippen molar-refractivity contribution in [3.8, 4) is 0 Å². The molecule has 0 heterocycles. The minimum absolute atomic E-state index is 0. The number of ether oxygens (including phenoxy) is 2. The maximum atomic E-state index is 11.6. The van der Waals surface area contributed by atoms with Crippen LogP contribution in [0.2, 0.25) is 0 Å². The fraction of sp³-hybridized carbons (Fsp3) is 0.895. The topological polar surface area (TPSA) is 130 Å². The molecule has 8 nitrogen and oxygen atoms in total. The van der Waals surface area contributed by atoms with Crippen LogP contribution in [0.15, 0.2) is 0 Å². The van der Waals surface area contributed by atoms with E-state index in [-0.39, 0.29) is 36.2 Å². The van der Waals surface area contributed by atoms with Crippen molar-refractivity contribution in [1.29, 1.82) is 0 Å². The Labute approximate surface area is 197 Å². The fourth-order valence-electron chi connectivity index (χ4n) is 2.68. The summed E-state index contributed by atoms with van der Waals surface area (Å²) in [5.41, 5.74) is 0. The third-order valence-electron chi connectivity index (χ3n) is 4.29. The van der Waals surface area contributed by atoms with Gasteiger partial charge in [-0.3, -0.25) is 9.35 Å². The zero-order valence-electron chi connectivity index (χ0n) is 17.9. The molecule has 0 aliphatic carbocycles. The van der Waals surface area contributed by atoms with Crippen molar-refractivity contribution in [1.82, 2.24) is 0 Å². The first-order valence-electron chi connectivity index (χ1n) is 10.2. The summed E-state index contributed by atoms with van der Waals surface area (Å²) in [6.45, 7) is 3.06. The second kappa shape index (κ2) is 19.8. The average Bonchev–Trinajstić information content (AvgIpc) is 2.61. The minimum Gasteiger partial charge on any atom is -0.550 e. The standard InChI is InChI=1S/C19H36O8S.Na/c1-2-3-4-5-6-7-8-9-10-11-13-26-14-12-15-27-19(22)17(16-18(20)21)28(23,24)25;/h17H,2-16H2,1H3,(H,20,21)(H,23,24,25);/q;+1/p-1. The van der Waals surface area contributed by atoms with Crippen LogP contribution in [0.5, 0.6) is 0 Å². The number of hydrogen-bond donors (Lipinski definition) is 1. The molecule has 0 aromatic heterocycles. The van der Waals surface area contributed by atoms with E-state index >= 15 is 0 Å². The van der Waals surface area contributed by atoms with Gasteiger partial charge in [0.2, 0.25) is 0 Å². The van der Waals surface area contributed by atoms with Crippen LogP contribution in [0.1, 0.15) is 84.0 Å². The Morgan fingerprint density at radius 1 is 0.862 bits per heavy atom. The number of hydrogen-bond acceptors (Lipinski definition) is 7. The summed E-state index contributed by atoms with van der Waals surface area (Å²) in [7, 11) is -4.86. The molecule has 0 amide bonds. The Morgan fingerprint density at radius 3 is 1.83 bits per heavy atom. The number of carbonyl (C=O) groups excluding carboxylic acids is 2. The Hall–Kier alpha value is -0.190. The summed E-state index contributed by atoms with van der Waals surface area (Å²) in [5, 5.41) is 8.30. The molecule has 1 N–H and O–H groups in total. The van der Waals surface area contributed by atoms with Crippen molar-refractivity contribution in [2.75, 3.05) is 19.8 Å². The average molecular weight is 447 g/mol. The zero-order valence-corrected chi connectivity index (χ0v) is 20.7. The monoisotopic (exact) mass is 446 g/mol. The zero-order chi connectivity index (χ0) is 21.3. The Kier molecular flexibility index (Phi) is 21.1. The molecular weight excluding hydrogens is 411 g/mol. The number of aliphatic carboxylic acids is 1. The molecule has 0 aliphatic heterocycles. The molecular formula is C19H35NaO8S. The van der Waals surface area contributed by atoms with Gasteiger partial charge in [-0.15, -0.1) is 0 Å². The summed E-state index contributed by atoms with van der Waals surface area (Å²) >= 11 is 0. The van der Waals surface area contributed by atoms with E-state index in [9.17, 15) is 23.1 Å². The molecule has 1 unspecified atom stereocenters. The largest absolute Gasteiger partial charge is 1.00 e. The van der Waals surface area contributed by atoms with Crippen molar-refractivity contribution < 1.29 is 66.7 Å². The van der Waals surface area contributed by atoms with Gasteiger partial charge in [0.15, 0.2) is 5.25 Å². The summed E-state index contributed by atoms with van der Waals surface area (Å²) in [6, 6.07) is 0. The second-order valence-electron chi connectivity index (χ2n) is 6.90.